The summed E-state index contributed by atoms with van der Waals surface area (Å²) in [5.74, 6) is 0. The standard InChI is InChI=1S/C9H16FNO3/c1-3-4-6(10)8-7(14-2)5-11(8)9(12)13/h6-8H,3-5H2,1-2H3,(H,12,13). The normalized spacial score (nSPS) is 28.4. The molecule has 0 aromatic heterocycles. The summed E-state index contributed by atoms with van der Waals surface area (Å²) >= 11 is 0. The van der Waals surface area contributed by atoms with Crippen molar-refractivity contribution in [3.8, 4) is 0 Å². The summed E-state index contributed by atoms with van der Waals surface area (Å²) in [7, 11) is 1.48. The molecule has 0 aromatic rings. The van der Waals surface area contributed by atoms with Gasteiger partial charge in [0.15, 0.2) is 0 Å². The number of rotatable bonds is 4. The van der Waals surface area contributed by atoms with Crippen LogP contribution in [0.15, 0.2) is 0 Å². The van der Waals surface area contributed by atoms with Crippen molar-refractivity contribution in [1.29, 1.82) is 0 Å². The Morgan fingerprint density at radius 3 is 2.86 bits per heavy atom. The van der Waals surface area contributed by atoms with Crippen LogP contribution in [-0.2, 0) is 4.74 Å². The number of hydrogen-bond donors (Lipinski definition) is 1. The lowest BCUT2D eigenvalue weighted by Gasteiger charge is -2.46. The van der Waals surface area contributed by atoms with Gasteiger partial charge in [0, 0.05) is 7.11 Å². The number of halogens is 1. The van der Waals surface area contributed by atoms with Crippen LogP contribution in [0.5, 0.6) is 0 Å². The van der Waals surface area contributed by atoms with Gasteiger partial charge < -0.3 is 9.84 Å². The van der Waals surface area contributed by atoms with Crippen LogP contribution in [0.2, 0.25) is 0 Å². The minimum atomic E-state index is -1.12. The molecule has 1 heterocycles. The van der Waals surface area contributed by atoms with Crippen LogP contribution in [0.3, 0.4) is 0 Å². The van der Waals surface area contributed by atoms with Crippen molar-refractivity contribution in [2.24, 2.45) is 0 Å². The summed E-state index contributed by atoms with van der Waals surface area (Å²) in [5.41, 5.74) is 0. The molecule has 1 N–H and O–H groups in total. The van der Waals surface area contributed by atoms with E-state index in [1.54, 1.807) is 0 Å². The van der Waals surface area contributed by atoms with Crippen molar-refractivity contribution >= 4 is 6.09 Å². The van der Waals surface area contributed by atoms with Gasteiger partial charge in [-0.05, 0) is 6.42 Å². The monoisotopic (exact) mass is 205 g/mol. The van der Waals surface area contributed by atoms with E-state index < -0.39 is 18.3 Å². The number of alkyl halides is 1. The maximum absolute atomic E-state index is 13.5. The SMILES string of the molecule is CCCC(F)C1C(OC)CN1C(=O)O. The molecule has 0 radical (unpaired) electrons. The fourth-order valence-corrected chi connectivity index (χ4v) is 1.78. The highest BCUT2D eigenvalue weighted by atomic mass is 19.1. The summed E-state index contributed by atoms with van der Waals surface area (Å²) in [6, 6.07) is -0.613. The number of ether oxygens (including phenoxy) is 1. The van der Waals surface area contributed by atoms with Gasteiger partial charge in [0.1, 0.15) is 6.17 Å². The van der Waals surface area contributed by atoms with Crippen LogP contribution in [0.4, 0.5) is 9.18 Å². The molecule has 14 heavy (non-hydrogen) atoms. The van der Waals surface area contributed by atoms with Gasteiger partial charge in [-0.3, -0.25) is 4.90 Å². The molecule has 1 rings (SSSR count). The highest BCUT2D eigenvalue weighted by molar-refractivity contribution is 5.67. The number of hydrogen-bond acceptors (Lipinski definition) is 2. The first-order valence-electron chi connectivity index (χ1n) is 4.78. The lowest BCUT2D eigenvalue weighted by molar-refractivity contribution is -0.0985. The smallest absolute Gasteiger partial charge is 0.407 e. The molecule has 4 nitrogen and oxygen atoms in total. The zero-order chi connectivity index (χ0) is 10.7. The van der Waals surface area contributed by atoms with Gasteiger partial charge in [0.05, 0.1) is 18.7 Å². The third-order valence-corrected chi connectivity index (χ3v) is 2.60. The molecular formula is C9H16FNO3. The fraction of sp³-hybridized carbons (Fsp3) is 0.889. The van der Waals surface area contributed by atoms with E-state index in [4.69, 9.17) is 9.84 Å². The van der Waals surface area contributed by atoms with Crippen molar-refractivity contribution in [3.05, 3.63) is 0 Å². The minimum absolute atomic E-state index is 0.278. The summed E-state index contributed by atoms with van der Waals surface area (Å²) in [6.45, 7) is 2.15. The van der Waals surface area contributed by atoms with Gasteiger partial charge >= 0.3 is 6.09 Å². The van der Waals surface area contributed by atoms with Crippen LogP contribution in [0.1, 0.15) is 19.8 Å². The number of amides is 1. The van der Waals surface area contributed by atoms with Gasteiger partial charge in [-0.2, -0.15) is 0 Å². The molecule has 1 aliphatic heterocycles. The molecule has 0 spiro atoms. The van der Waals surface area contributed by atoms with Crippen LogP contribution in [0.25, 0.3) is 0 Å². The minimum Gasteiger partial charge on any atom is -0.465 e. The van der Waals surface area contributed by atoms with Crippen LogP contribution >= 0.6 is 0 Å². The predicted octanol–water partition coefficient (Wildman–Crippen LogP) is 1.50. The number of nitrogens with zero attached hydrogens (tertiary/aromatic N) is 1. The first-order chi connectivity index (χ1) is 6.61. The maximum Gasteiger partial charge on any atom is 0.407 e. The van der Waals surface area contributed by atoms with E-state index in [2.05, 4.69) is 0 Å². The largest absolute Gasteiger partial charge is 0.465 e. The van der Waals surface area contributed by atoms with E-state index in [0.29, 0.717) is 12.8 Å². The van der Waals surface area contributed by atoms with Gasteiger partial charge in [-0.15, -0.1) is 0 Å². The van der Waals surface area contributed by atoms with E-state index in [1.165, 1.54) is 7.11 Å². The quantitative estimate of drug-likeness (QED) is 0.756. The van der Waals surface area contributed by atoms with Crippen LogP contribution in [-0.4, -0.2) is 48.1 Å². The average molecular weight is 205 g/mol. The van der Waals surface area contributed by atoms with Gasteiger partial charge in [0.2, 0.25) is 0 Å². The highest BCUT2D eigenvalue weighted by Gasteiger charge is 2.46. The Morgan fingerprint density at radius 1 is 1.79 bits per heavy atom. The van der Waals surface area contributed by atoms with Crippen molar-refractivity contribution < 1.29 is 19.0 Å². The molecule has 0 aliphatic carbocycles. The fourth-order valence-electron chi connectivity index (χ4n) is 1.78. The maximum atomic E-state index is 13.5. The Labute approximate surface area is 82.6 Å². The molecule has 1 amide bonds. The summed E-state index contributed by atoms with van der Waals surface area (Å²) in [4.78, 5) is 11.8. The molecule has 82 valence electrons. The number of carboxylic acid groups (broad SMARTS) is 1. The third kappa shape index (κ3) is 1.97. The van der Waals surface area contributed by atoms with E-state index in [1.807, 2.05) is 6.92 Å². The van der Waals surface area contributed by atoms with Crippen LogP contribution < -0.4 is 0 Å². The molecule has 3 atom stereocenters. The summed E-state index contributed by atoms with van der Waals surface area (Å²) in [6.07, 6.45) is -1.37. The topological polar surface area (TPSA) is 49.8 Å². The van der Waals surface area contributed by atoms with Gasteiger partial charge in [-0.25, -0.2) is 9.18 Å². The molecule has 0 saturated carbocycles. The number of likely N-dealkylation sites (tertiary alicyclic amines) is 1. The molecular weight excluding hydrogens is 189 g/mol. The second-order valence-corrected chi connectivity index (χ2v) is 3.50. The Morgan fingerprint density at radius 2 is 2.43 bits per heavy atom. The molecule has 1 aliphatic rings. The van der Waals surface area contributed by atoms with Crippen molar-refractivity contribution in [1.82, 2.24) is 4.90 Å². The predicted molar refractivity (Wildman–Crippen MR) is 49.1 cm³/mol. The molecule has 3 unspecified atom stereocenters. The van der Waals surface area contributed by atoms with E-state index in [9.17, 15) is 9.18 Å². The van der Waals surface area contributed by atoms with E-state index in [-0.39, 0.29) is 12.6 Å². The summed E-state index contributed by atoms with van der Waals surface area (Å²) in [5, 5.41) is 8.74. The zero-order valence-corrected chi connectivity index (χ0v) is 8.44. The first-order valence-corrected chi connectivity index (χ1v) is 4.78. The lowest BCUT2D eigenvalue weighted by atomic mass is 9.93. The van der Waals surface area contributed by atoms with Gasteiger partial charge in [-0.1, -0.05) is 13.3 Å². The van der Waals surface area contributed by atoms with Crippen molar-refractivity contribution in [3.63, 3.8) is 0 Å². The molecule has 1 fully saturated rings. The Hall–Kier alpha value is -0.840. The number of methoxy groups -OCH3 is 1. The molecule has 0 bridgehead atoms. The zero-order valence-electron chi connectivity index (χ0n) is 8.44. The van der Waals surface area contributed by atoms with Gasteiger partial charge in [0.25, 0.3) is 0 Å². The average Bonchev–Trinajstić information content (AvgIpc) is 2.02. The third-order valence-electron chi connectivity index (χ3n) is 2.60. The Balaban J connectivity index is 2.55. The Kier molecular flexibility index (Phi) is 3.69. The molecule has 0 aromatic carbocycles. The van der Waals surface area contributed by atoms with Crippen LogP contribution in [0, 0.1) is 0 Å². The lowest BCUT2D eigenvalue weighted by Crippen LogP contribution is -2.66. The molecule has 1 saturated heterocycles. The molecule has 5 heteroatoms. The van der Waals surface area contributed by atoms with Crippen molar-refractivity contribution in [2.75, 3.05) is 13.7 Å². The first kappa shape index (κ1) is 11.2. The van der Waals surface area contributed by atoms with Crippen molar-refractivity contribution in [2.45, 2.75) is 38.1 Å². The Bertz CT molecular complexity index is 212. The second kappa shape index (κ2) is 4.59. The summed E-state index contributed by atoms with van der Waals surface area (Å²) < 4.78 is 18.5. The highest BCUT2D eigenvalue weighted by Crippen LogP contribution is 2.27. The second-order valence-electron chi connectivity index (χ2n) is 3.50. The number of carbonyl (C=O) groups is 1. The van der Waals surface area contributed by atoms with E-state index >= 15 is 0 Å². The van der Waals surface area contributed by atoms with E-state index in [0.717, 1.165) is 4.90 Å².